The molecule has 0 aliphatic carbocycles. The number of hydrogen-bond acceptors (Lipinski definition) is 7. The maximum absolute atomic E-state index is 5.49. The van der Waals surface area contributed by atoms with Crippen molar-refractivity contribution in [3.8, 4) is 11.4 Å². The topological polar surface area (TPSA) is 129 Å². The highest BCUT2D eigenvalue weighted by atomic mass is 15.2. The summed E-state index contributed by atoms with van der Waals surface area (Å²) in [6, 6.07) is 7.29. The van der Waals surface area contributed by atoms with Crippen LogP contribution in [0.4, 0.5) is 17.6 Å². The molecule has 0 aliphatic heterocycles. The lowest BCUT2D eigenvalue weighted by atomic mass is 10.1. The molecule has 0 atom stereocenters. The molecule has 0 fully saturated rings. The predicted octanol–water partition coefficient (Wildman–Crippen LogP) is -0.0114. The van der Waals surface area contributed by atoms with Crippen LogP contribution >= 0.6 is 0 Å². The van der Waals surface area contributed by atoms with Gasteiger partial charge in [0.2, 0.25) is 11.9 Å². The van der Waals surface area contributed by atoms with E-state index in [0.29, 0.717) is 17.1 Å². The number of hydrogen-bond donors (Lipinski definition) is 4. The van der Waals surface area contributed by atoms with E-state index in [-0.39, 0.29) is 11.9 Å². The highest BCUT2D eigenvalue weighted by molar-refractivity contribution is 5.73. The van der Waals surface area contributed by atoms with Crippen molar-refractivity contribution >= 4 is 17.6 Å². The van der Waals surface area contributed by atoms with Crippen LogP contribution in [-0.2, 0) is 0 Å². The van der Waals surface area contributed by atoms with Crippen molar-refractivity contribution in [3.63, 3.8) is 0 Å². The molecule has 7 heteroatoms. The quantitative estimate of drug-likeness (QED) is 0.411. The fourth-order valence-electron chi connectivity index (χ4n) is 1.33. The Hall–Kier alpha value is -2.41. The zero-order chi connectivity index (χ0) is 11.5. The summed E-state index contributed by atoms with van der Waals surface area (Å²) >= 11 is 0. The molecule has 2 rings (SSSR count). The van der Waals surface area contributed by atoms with Gasteiger partial charge in [-0.1, -0.05) is 12.1 Å². The third-order valence-electron chi connectivity index (χ3n) is 1.99. The van der Waals surface area contributed by atoms with Crippen LogP contribution in [0.3, 0.4) is 0 Å². The van der Waals surface area contributed by atoms with Crippen LogP contribution in [0.15, 0.2) is 24.3 Å². The number of rotatable bonds is 2. The van der Waals surface area contributed by atoms with E-state index in [4.69, 9.17) is 17.3 Å². The number of para-hydroxylation sites is 1. The van der Waals surface area contributed by atoms with Crippen LogP contribution in [0.2, 0.25) is 0 Å². The molecular formula is C9H11N7. The van der Waals surface area contributed by atoms with Crippen molar-refractivity contribution in [2.75, 3.05) is 16.9 Å². The van der Waals surface area contributed by atoms with E-state index in [9.17, 15) is 0 Å². The Kier molecular flexibility index (Phi) is 2.52. The molecule has 7 nitrogen and oxygen atoms in total. The number of hydrazine groups is 1. The Balaban J connectivity index is 2.58. The number of nitrogens with two attached hydrogens (primary N) is 3. The van der Waals surface area contributed by atoms with Gasteiger partial charge in [0.25, 0.3) is 0 Å². The fraction of sp³-hybridized carbons (Fsp3) is 0. The van der Waals surface area contributed by atoms with Crippen molar-refractivity contribution in [3.05, 3.63) is 24.3 Å². The smallest absolute Gasteiger partial charge is 0.225 e. The van der Waals surface area contributed by atoms with Gasteiger partial charge in [0.05, 0.1) is 5.69 Å². The fourth-order valence-corrected chi connectivity index (χ4v) is 1.33. The molecule has 16 heavy (non-hydrogen) atoms. The number of benzene rings is 1. The maximum atomic E-state index is 5.49. The van der Waals surface area contributed by atoms with E-state index in [1.54, 1.807) is 6.07 Å². The Labute approximate surface area is 91.7 Å². The lowest BCUT2D eigenvalue weighted by Gasteiger charge is -2.07. The minimum Gasteiger partial charge on any atom is -0.368 e. The van der Waals surface area contributed by atoms with Gasteiger partial charge in [0.1, 0.15) is 0 Å². The van der Waals surface area contributed by atoms with Gasteiger partial charge in [-0.3, -0.25) is 5.84 Å². The Morgan fingerprint density at radius 1 is 0.938 bits per heavy atom. The van der Waals surface area contributed by atoms with Crippen LogP contribution in [0.25, 0.3) is 11.4 Å². The van der Waals surface area contributed by atoms with E-state index in [2.05, 4.69) is 20.4 Å². The summed E-state index contributed by atoms with van der Waals surface area (Å²) in [5, 5.41) is 0. The van der Waals surface area contributed by atoms with Gasteiger partial charge < -0.3 is 16.9 Å². The van der Waals surface area contributed by atoms with Crippen molar-refractivity contribution in [1.82, 2.24) is 15.0 Å². The van der Waals surface area contributed by atoms with Crippen molar-refractivity contribution in [2.45, 2.75) is 0 Å². The molecular weight excluding hydrogens is 206 g/mol. The number of anilines is 3. The van der Waals surface area contributed by atoms with Gasteiger partial charge in [-0.2, -0.15) is 15.0 Å². The Bertz CT molecular complexity index is 491. The average molecular weight is 217 g/mol. The Morgan fingerprint density at radius 2 is 1.56 bits per heavy atom. The van der Waals surface area contributed by atoms with Crippen LogP contribution in [0, 0.1) is 0 Å². The molecule has 82 valence electrons. The van der Waals surface area contributed by atoms with Gasteiger partial charge in [0, 0.05) is 5.56 Å². The van der Waals surface area contributed by atoms with Crippen LogP contribution in [0.5, 0.6) is 0 Å². The highest BCUT2D eigenvalue weighted by Crippen LogP contribution is 2.24. The molecule has 1 heterocycles. The SMILES string of the molecule is NNc1ccccc1-c1nc(N)nc(N)n1. The second-order valence-corrected chi connectivity index (χ2v) is 3.07. The molecule has 0 saturated carbocycles. The van der Waals surface area contributed by atoms with E-state index < -0.39 is 0 Å². The molecule has 1 aromatic heterocycles. The third-order valence-corrected chi connectivity index (χ3v) is 1.99. The summed E-state index contributed by atoms with van der Waals surface area (Å²) in [6.07, 6.45) is 0. The molecule has 0 radical (unpaired) electrons. The van der Waals surface area contributed by atoms with Gasteiger partial charge in [-0.15, -0.1) is 0 Å². The number of aromatic nitrogens is 3. The predicted molar refractivity (Wildman–Crippen MR) is 61.9 cm³/mol. The Morgan fingerprint density at radius 3 is 2.19 bits per heavy atom. The molecule has 7 N–H and O–H groups in total. The second-order valence-electron chi connectivity index (χ2n) is 3.07. The van der Waals surface area contributed by atoms with Crippen molar-refractivity contribution < 1.29 is 0 Å². The molecule has 0 spiro atoms. The van der Waals surface area contributed by atoms with Crippen LogP contribution in [0.1, 0.15) is 0 Å². The normalized spacial score (nSPS) is 10.1. The molecule has 1 aromatic carbocycles. The maximum Gasteiger partial charge on any atom is 0.225 e. The summed E-state index contributed by atoms with van der Waals surface area (Å²) in [7, 11) is 0. The lowest BCUT2D eigenvalue weighted by Crippen LogP contribution is -2.09. The summed E-state index contributed by atoms with van der Waals surface area (Å²) in [4.78, 5) is 11.7. The molecule has 0 amide bonds. The molecule has 0 unspecified atom stereocenters. The van der Waals surface area contributed by atoms with Gasteiger partial charge in [0.15, 0.2) is 5.82 Å². The summed E-state index contributed by atoms with van der Waals surface area (Å²) in [5.74, 6) is 5.92. The summed E-state index contributed by atoms with van der Waals surface area (Å²) in [5.41, 5.74) is 14.9. The summed E-state index contributed by atoms with van der Waals surface area (Å²) < 4.78 is 0. The first kappa shape index (κ1) is 10.1. The minimum atomic E-state index is 0.0781. The summed E-state index contributed by atoms with van der Waals surface area (Å²) in [6.45, 7) is 0. The molecule has 0 bridgehead atoms. The van der Waals surface area contributed by atoms with E-state index in [1.807, 2.05) is 18.2 Å². The van der Waals surface area contributed by atoms with Crippen molar-refractivity contribution in [2.24, 2.45) is 5.84 Å². The van der Waals surface area contributed by atoms with Gasteiger partial charge in [-0.05, 0) is 12.1 Å². The lowest BCUT2D eigenvalue weighted by molar-refractivity contribution is 1.09. The highest BCUT2D eigenvalue weighted by Gasteiger charge is 2.08. The first-order valence-corrected chi connectivity index (χ1v) is 4.54. The van der Waals surface area contributed by atoms with Gasteiger partial charge >= 0.3 is 0 Å². The minimum absolute atomic E-state index is 0.0781. The van der Waals surface area contributed by atoms with Crippen LogP contribution < -0.4 is 22.7 Å². The number of nitrogen functional groups attached to an aromatic ring is 3. The van der Waals surface area contributed by atoms with Crippen molar-refractivity contribution in [1.29, 1.82) is 0 Å². The molecule has 0 saturated heterocycles. The second kappa shape index (κ2) is 3.99. The first-order chi connectivity index (χ1) is 7.70. The third kappa shape index (κ3) is 1.84. The average Bonchev–Trinajstić information content (AvgIpc) is 2.27. The number of nitrogens with one attached hydrogen (secondary N) is 1. The number of nitrogens with zero attached hydrogens (tertiary/aromatic N) is 3. The standard InChI is InChI=1S/C9H11N7/c10-8-13-7(14-9(11)15-8)5-3-1-2-4-6(5)16-12/h1-4,16H,12H2,(H4,10,11,13,14,15). The molecule has 2 aromatic rings. The molecule has 0 aliphatic rings. The van der Waals surface area contributed by atoms with Crippen LogP contribution in [-0.4, -0.2) is 15.0 Å². The largest absolute Gasteiger partial charge is 0.368 e. The van der Waals surface area contributed by atoms with E-state index in [0.717, 1.165) is 0 Å². The first-order valence-electron chi connectivity index (χ1n) is 4.54. The van der Waals surface area contributed by atoms with Gasteiger partial charge in [-0.25, -0.2) is 0 Å². The monoisotopic (exact) mass is 217 g/mol. The van der Waals surface area contributed by atoms with E-state index >= 15 is 0 Å². The van der Waals surface area contributed by atoms with E-state index in [1.165, 1.54) is 0 Å². The zero-order valence-corrected chi connectivity index (χ0v) is 8.38. The zero-order valence-electron chi connectivity index (χ0n) is 8.38.